The fourth-order valence-corrected chi connectivity index (χ4v) is 6.35. The SMILES string of the molecule is C=CCOCc1cc(C#CCO[C@@H]2O[C@H](COC(C)=O)[C@@H](OC(C)=O)[C@H](OC(C)=O)[C@H]2OC(C)=O)cc(C#CCO[C@@H]2O[C@H](COC(C)=O)[C@@H](OC(C)=O)[C@H](OC(C)=O)[C@H]2OC(C)=O)c1. The summed E-state index contributed by atoms with van der Waals surface area (Å²) in [5.74, 6) is 5.42. The van der Waals surface area contributed by atoms with E-state index in [1.807, 2.05) is 0 Å². The molecule has 2 heterocycles. The molecule has 0 saturated carbocycles. The van der Waals surface area contributed by atoms with Gasteiger partial charge in [-0.1, -0.05) is 29.8 Å². The predicted octanol–water partition coefficient (Wildman–Crippen LogP) is 1.29. The Morgan fingerprint density at radius 1 is 0.523 bits per heavy atom. The molecule has 0 N–H and O–H groups in total. The van der Waals surface area contributed by atoms with Gasteiger partial charge in [-0.05, 0) is 23.8 Å². The Morgan fingerprint density at radius 3 is 1.22 bits per heavy atom. The van der Waals surface area contributed by atoms with Gasteiger partial charge in [0.25, 0.3) is 0 Å². The summed E-state index contributed by atoms with van der Waals surface area (Å²) in [7, 11) is 0. The maximum absolute atomic E-state index is 12.2. The third kappa shape index (κ3) is 18.3. The summed E-state index contributed by atoms with van der Waals surface area (Å²) in [4.78, 5) is 96.1. The second-order valence-corrected chi connectivity index (χ2v) is 14.1. The number of rotatable bonds is 18. The molecular formula is C44H52O21. The van der Waals surface area contributed by atoms with Crippen molar-refractivity contribution in [1.82, 2.24) is 0 Å². The Morgan fingerprint density at radius 2 is 0.877 bits per heavy atom. The zero-order valence-corrected chi connectivity index (χ0v) is 37.1. The quantitative estimate of drug-likeness (QED) is 0.0661. The van der Waals surface area contributed by atoms with Gasteiger partial charge in [0.1, 0.15) is 38.6 Å². The van der Waals surface area contributed by atoms with Crippen molar-refractivity contribution in [1.29, 1.82) is 0 Å². The van der Waals surface area contributed by atoms with Crippen LogP contribution < -0.4 is 0 Å². The highest BCUT2D eigenvalue weighted by Gasteiger charge is 2.54. The molecule has 10 atom stereocenters. The molecule has 0 bridgehead atoms. The van der Waals surface area contributed by atoms with Crippen molar-refractivity contribution in [2.45, 2.75) is 123 Å². The highest BCUT2D eigenvalue weighted by molar-refractivity contribution is 5.70. The maximum atomic E-state index is 12.2. The van der Waals surface area contributed by atoms with Crippen molar-refractivity contribution >= 4 is 47.8 Å². The molecule has 2 aliphatic heterocycles. The van der Waals surface area contributed by atoms with Crippen LogP contribution in [0.3, 0.4) is 0 Å². The van der Waals surface area contributed by atoms with Crippen LogP contribution in [0.25, 0.3) is 0 Å². The first-order valence-electron chi connectivity index (χ1n) is 19.9. The molecule has 2 saturated heterocycles. The molecule has 21 nitrogen and oxygen atoms in total. The van der Waals surface area contributed by atoms with Gasteiger partial charge in [-0.3, -0.25) is 38.4 Å². The Hall–Kier alpha value is -6.36. The Kier molecular flexibility index (Phi) is 21.5. The number of carbonyl (C=O) groups is 8. The zero-order valence-electron chi connectivity index (χ0n) is 37.1. The number of esters is 8. The fourth-order valence-electron chi connectivity index (χ4n) is 6.35. The summed E-state index contributed by atoms with van der Waals surface area (Å²) in [6.07, 6.45) is -12.3. The summed E-state index contributed by atoms with van der Waals surface area (Å²) in [5, 5.41) is 0. The topological polar surface area (TPSA) is 257 Å². The first-order chi connectivity index (χ1) is 30.8. The Labute approximate surface area is 374 Å². The number of hydrogen-bond donors (Lipinski definition) is 0. The lowest BCUT2D eigenvalue weighted by Gasteiger charge is -2.43. The van der Waals surface area contributed by atoms with Crippen molar-refractivity contribution in [3.05, 3.63) is 47.5 Å². The molecule has 1 aromatic rings. The number of hydrogen-bond acceptors (Lipinski definition) is 21. The Bertz CT molecular complexity index is 1890. The lowest BCUT2D eigenvalue weighted by molar-refractivity contribution is -0.305. The first-order valence-corrected chi connectivity index (χ1v) is 19.9. The van der Waals surface area contributed by atoms with Crippen molar-refractivity contribution < 1.29 is 99.9 Å². The molecule has 1 aromatic carbocycles. The van der Waals surface area contributed by atoms with Crippen molar-refractivity contribution in [2.75, 3.05) is 33.0 Å². The van der Waals surface area contributed by atoms with E-state index in [0.717, 1.165) is 55.4 Å². The van der Waals surface area contributed by atoms with Gasteiger partial charge in [-0.25, -0.2) is 0 Å². The van der Waals surface area contributed by atoms with Crippen molar-refractivity contribution in [3.63, 3.8) is 0 Å². The zero-order chi connectivity index (χ0) is 48.2. The largest absolute Gasteiger partial charge is 0.463 e. The average Bonchev–Trinajstić information content (AvgIpc) is 3.19. The van der Waals surface area contributed by atoms with E-state index in [0.29, 0.717) is 16.7 Å². The van der Waals surface area contributed by atoms with Crippen LogP contribution in [-0.2, 0) is 107 Å². The average molecular weight is 917 g/mol. The molecule has 354 valence electrons. The molecule has 0 aromatic heterocycles. The lowest BCUT2D eigenvalue weighted by Crippen LogP contribution is -2.63. The van der Waals surface area contributed by atoms with Gasteiger partial charge in [-0.15, -0.1) is 6.58 Å². The van der Waals surface area contributed by atoms with Crippen LogP contribution in [-0.4, -0.2) is 142 Å². The van der Waals surface area contributed by atoms with E-state index in [-0.39, 0.29) is 26.4 Å². The molecule has 65 heavy (non-hydrogen) atoms. The first kappa shape index (κ1) is 53.0. The predicted molar refractivity (Wildman–Crippen MR) is 216 cm³/mol. The van der Waals surface area contributed by atoms with Gasteiger partial charge in [0.05, 0.1) is 13.2 Å². The third-order valence-electron chi connectivity index (χ3n) is 8.50. The van der Waals surface area contributed by atoms with E-state index < -0.39 is 122 Å². The highest BCUT2D eigenvalue weighted by atomic mass is 16.7. The Balaban J connectivity index is 1.91. The van der Waals surface area contributed by atoms with Gasteiger partial charge >= 0.3 is 47.8 Å². The molecule has 2 fully saturated rings. The van der Waals surface area contributed by atoms with Crippen molar-refractivity contribution in [2.24, 2.45) is 0 Å². The second kappa shape index (κ2) is 26.4. The number of benzene rings is 1. The summed E-state index contributed by atoms with van der Waals surface area (Å²) >= 11 is 0. The molecule has 0 aliphatic carbocycles. The van der Waals surface area contributed by atoms with E-state index in [4.69, 9.17) is 61.6 Å². The molecule has 2 aliphatic rings. The van der Waals surface area contributed by atoms with E-state index in [2.05, 4.69) is 30.3 Å². The molecule has 0 amide bonds. The summed E-state index contributed by atoms with van der Waals surface area (Å²) in [6, 6.07) is 5.09. The van der Waals surface area contributed by atoms with Gasteiger partial charge in [0.15, 0.2) is 49.2 Å². The number of carbonyl (C=O) groups excluding carboxylic acids is 8. The fraction of sp³-hybridized carbons (Fsp3) is 0.545. The van der Waals surface area contributed by atoms with Crippen LogP contribution in [0.4, 0.5) is 0 Å². The highest BCUT2D eigenvalue weighted by Crippen LogP contribution is 2.31. The molecule has 0 radical (unpaired) electrons. The van der Waals surface area contributed by atoms with Gasteiger partial charge in [0, 0.05) is 66.5 Å². The minimum atomic E-state index is -1.45. The van der Waals surface area contributed by atoms with Crippen LogP contribution in [0.15, 0.2) is 30.9 Å². The standard InChI is InChI=1S/C44H52O21/c1-10-15-53-21-34-19-32(13-11-16-54-43-41(62-30(8)51)39(60-28(6)49)37(58-26(4)47)35(64-43)22-56-24(2)45)18-33(20-34)14-12-17-55-44-42(63-31(9)52)40(61-29(7)50)38(59-27(5)48)36(65-44)23-57-25(3)46/h10,18-20,35-44H,1,15-17,21-23H2,2-9H3/t35-,36-,37-,38-,39+,40+,41-,42-,43-,44-/m1/s1. The van der Waals surface area contributed by atoms with Crippen LogP contribution in [0, 0.1) is 23.7 Å². The minimum absolute atomic E-state index is 0.138. The van der Waals surface area contributed by atoms with E-state index in [9.17, 15) is 38.4 Å². The molecule has 21 heteroatoms. The van der Waals surface area contributed by atoms with Crippen LogP contribution in [0.1, 0.15) is 72.1 Å². The molecule has 0 spiro atoms. The van der Waals surface area contributed by atoms with Crippen LogP contribution in [0.2, 0.25) is 0 Å². The molecule has 3 rings (SSSR count). The molecule has 0 unspecified atom stereocenters. The lowest BCUT2D eigenvalue weighted by atomic mass is 9.98. The third-order valence-corrected chi connectivity index (χ3v) is 8.50. The monoisotopic (exact) mass is 916 g/mol. The van der Waals surface area contributed by atoms with E-state index in [1.165, 1.54) is 0 Å². The smallest absolute Gasteiger partial charge is 0.303 e. The van der Waals surface area contributed by atoms with Crippen LogP contribution in [0.5, 0.6) is 0 Å². The van der Waals surface area contributed by atoms with Gasteiger partial charge < -0.3 is 61.6 Å². The van der Waals surface area contributed by atoms with Crippen LogP contribution >= 0.6 is 0 Å². The maximum Gasteiger partial charge on any atom is 0.303 e. The number of ether oxygens (including phenoxy) is 13. The summed E-state index contributed by atoms with van der Waals surface area (Å²) in [5.41, 5.74) is 1.54. The van der Waals surface area contributed by atoms with Crippen molar-refractivity contribution in [3.8, 4) is 23.7 Å². The van der Waals surface area contributed by atoms with E-state index >= 15 is 0 Å². The van der Waals surface area contributed by atoms with E-state index in [1.54, 1.807) is 24.3 Å². The minimum Gasteiger partial charge on any atom is -0.463 e. The summed E-state index contributed by atoms with van der Waals surface area (Å²) in [6.45, 7) is 11.3. The second-order valence-electron chi connectivity index (χ2n) is 14.1. The van der Waals surface area contributed by atoms with Gasteiger partial charge in [0.2, 0.25) is 0 Å². The summed E-state index contributed by atoms with van der Waals surface area (Å²) < 4.78 is 71.9. The van der Waals surface area contributed by atoms with Gasteiger partial charge in [-0.2, -0.15) is 0 Å². The molecular weight excluding hydrogens is 864 g/mol. The normalized spacial score (nSPS) is 24.4.